The fourth-order valence-corrected chi connectivity index (χ4v) is 2.84. The van der Waals surface area contributed by atoms with Crippen LogP contribution in [-0.4, -0.2) is 0 Å². The largest absolute Gasteiger partial charge is 0.207 e. The summed E-state index contributed by atoms with van der Waals surface area (Å²) in [5, 5.41) is 0. The fourth-order valence-electron chi connectivity index (χ4n) is 2.84. The van der Waals surface area contributed by atoms with Crippen molar-refractivity contribution in [3.05, 3.63) is 106 Å². The molecule has 0 aromatic heterocycles. The maximum atomic E-state index is 14.1. The lowest BCUT2D eigenvalue weighted by atomic mass is 10.1. The summed E-state index contributed by atoms with van der Waals surface area (Å²) in [6.45, 7) is 3.94. The van der Waals surface area contributed by atoms with Crippen LogP contribution in [0.2, 0.25) is 0 Å². The van der Waals surface area contributed by atoms with Crippen LogP contribution >= 0.6 is 0 Å². The van der Waals surface area contributed by atoms with Crippen molar-refractivity contribution in [2.45, 2.75) is 33.1 Å². The van der Waals surface area contributed by atoms with Gasteiger partial charge in [-0.3, -0.25) is 0 Å². The van der Waals surface area contributed by atoms with Crippen LogP contribution in [0.15, 0.2) is 60.7 Å². The van der Waals surface area contributed by atoms with Gasteiger partial charge in [0.25, 0.3) is 0 Å². The smallest absolute Gasteiger partial charge is 0.139 e. The molecule has 0 unspecified atom stereocenters. The second-order valence-electron chi connectivity index (χ2n) is 6.97. The van der Waals surface area contributed by atoms with E-state index in [1.165, 1.54) is 12.1 Å². The van der Waals surface area contributed by atoms with Gasteiger partial charge in [0, 0.05) is 16.7 Å². The lowest BCUT2D eigenvalue weighted by Gasteiger charge is -2.02. The molecule has 0 saturated heterocycles. The van der Waals surface area contributed by atoms with Crippen molar-refractivity contribution in [3.8, 4) is 23.7 Å². The van der Waals surface area contributed by atoms with Crippen LogP contribution in [0, 0.1) is 42.2 Å². The van der Waals surface area contributed by atoms with Gasteiger partial charge in [0.05, 0.1) is 5.56 Å². The highest BCUT2D eigenvalue weighted by Gasteiger charge is 2.02. The van der Waals surface area contributed by atoms with E-state index >= 15 is 0 Å². The van der Waals surface area contributed by atoms with E-state index < -0.39 is 0 Å². The zero-order valence-corrected chi connectivity index (χ0v) is 16.7. The highest BCUT2D eigenvalue weighted by Crippen LogP contribution is 2.13. The average Bonchev–Trinajstić information content (AvgIpc) is 2.72. The minimum Gasteiger partial charge on any atom is -0.207 e. The minimum atomic E-state index is -0.312. The Morgan fingerprint density at radius 1 is 0.690 bits per heavy atom. The highest BCUT2D eigenvalue weighted by atomic mass is 19.1. The lowest BCUT2D eigenvalue weighted by molar-refractivity contribution is 0.603. The normalized spacial score (nSPS) is 9.93. The van der Waals surface area contributed by atoms with Crippen LogP contribution in [-0.2, 0) is 6.42 Å². The SMILES string of the molecule is CCCCc1ccc(C#Cc2ccc(C#Cc3ccc(C)cc3F)cc2)cc1F. The Hall–Kier alpha value is -3.36. The van der Waals surface area contributed by atoms with E-state index in [9.17, 15) is 8.78 Å². The molecule has 0 bridgehead atoms. The second-order valence-corrected chi connectivity index (χ2v) is 6.97. The Bertz CT molecular complexity index is 1120. The van der Waals surface area contributed by atoms with E-state index in [1.807, 2.05) is 49.4 Å². The molecule has 2 heteroatoms. The summed E-state index contributed by atoms with van der Waals surface area (Å²) in [5.74, 6) is 11.4. The van der Waals surface area contributed by atoms with Crippen LogP contribution in [0.25, 0.3) is 0 Å². The summed E-state index contributed by atoms with van der Waals surface area (Å²) in [7, 11) is 0. The van der Waals surface area contributed by atoms with Crippen molar-refractivity contribution in [3.63, 3.8) is 0 Å². The first-order valence-corrected chi connectivity index (χ1v) is 9.74. The predicted molar refractivity (Wildman–Crippen MR) is 115 cm³/mol. The van der Waals surface area contributed by atoms with Gasteiger partial charge in [-0.25, -0.2) is 8.78 Å². The molecule has 0 aliphatic heterocycles. The van der Waals surface area contributed by atoms with E-state index in [4.69, 9.17) is 0 Å². The van der Waals surface area contributed by atoms with Gasteiger partial charge < -0.3 is 0 Å². The van der Waals surface area contributed by atoms with Crippen LogP contribution in [0.5, 0.6) is 0 Å². The summed E-state index contributed by atoms with van der Waals surface area (Å²) in [6.07, 6.45) is 2.78. The van der Waals surface area contributed by atoms with E-state index in [0.29, 0.717) is 11.1 Å². The molecule has 0 saturated carbocycles. The van der Waals surface area contributed by atoms with E-state index in [1.54, 1.807) is 6.07 Å². The number of halogens is 2. The zero-order chi connectivity index (χ0) is 20.6. The number of rotatable bonds is 3. The van der Waals surface area contributed by atoms with Crippen LogP contribution in [0.1, 0.15) is 53.1 Å². The number of aryl methyl sites for hydroxylation is 2. The molecule has 0 radical (unpaired) electrons. The molecule has 0 atom stereocenters. The van der Waals surface area contributed by atoms with Crippen molar-refractivity contribution in [2.75, 3.05) is 0 Å². The molecule has 0 amide bonds. The van der Waals surface area contributed by atoms with Gasteiger partial charge in [-0.05, 0) is 79.4 Å². The van der Waals surface area contributed by atoms with Gasteiger partial charge in [0.2, 0.25) is 0 Å². The van der Waals surface area contributed by atoms with Crippen LogP contribution in [0.3, 0.4) is 0 Å². The van der Waals surface area contributed by atoms with Crippen molar-refractivity contribution in [1.82, 2.24) is 0 Å². The molecule has 0 aliphatic carbocycles. The molecule has 3 aromatic carbocycles. The standard InChI is InChI=1S/C27H22F2/c1-3-4-5-24-17-14-23(19-27(24)29)12-11-21-7-9-22(10-8-21)13-16-25-15-6-20(2)18-26(25)28/h6-10,14-15,17-19H,3-5H2,1-2H3. The Morgan fingerprint density at radius 2 is 1.31 bits per heavy atom. The summed E-state index contributed by atoms with van der Waals surface area (Å²) in [4.78, 5) is 0. The first-order valence-electron chi connectivity index (χ1n) is 9.74. The van der Waals surface area contributed by atoms with Gasteiger partial charge in [-0.1, -0.05) is 49.2 Å². The summed E-state index contributed by atoms with van der Waals surface area (Å²) < 4.78 is 28.0. The van der Waals surface area contributed by atoms with Gasteiger partial charge in [0.1, 0.15) is 11.6 Å². The minimum absolute atomic E-state index is 0.195. The van der Waals surface area contributed by atoms with E-state index in [-0.39, 0.29) is 11.6 Å². The third-order valence-corrected chi connectivity index (χ3v) is 4.55. The van der Waals surface area contributed by atoms with Gasteiger partial charge in [0.15, 0.2) is 0 Å². The topological polar surface area (TPSA) is 0 Å². The molecule has 29 heavy (non-hydrogen) atoms. The Balaban J connectivity index is 1.71. The molecule has 0 nitrogen and oxygen atoms in total. The summed E-state index contributed by atoms with van der Waals surface area (Å²) in [5.41, 5.74) is 4.23. The summed E-state index contributed by atoms with van der Waals surface area (Å²) >= 11 is 0. The quantitative estimate of drug-likeness (QED) is 0.457. The highest BCUT2D eigenvalue weighted by molar-refractivity contribution is 5.48. The molecule has 0 N–H and O–H groups in total. The summed E-state index contributed by atoms with van der Waals surface area (Å²) in [6, 6.07) is 17.6. The third kappa shape index (κ3) is 5.81. The van der Waals surface area contributed by atoms with Crippen molar-refractivity contribution < 1.29 is 8.78 Å². The second kappa shape index (κ2) is 9.72. The molecule has 144 valence electrons. The van der Waals surface area contributed by atoms with Crippen LogP contribution < -0.4 is 0 Å². The van der Waals surface area contributed by atoms with E-state index in [2.05, 4.69) is 30.6 Å². The molecular weight excluding hydrogens is 362 g/mol. The van der Waals surface area contributed by atoms with Crippen molar-refractivity contribution >= 4 is 0 Å². The molecular formula is C27H22F2. The molecule has 0 fully saturated rings. The number of unbranched alkanes of at least 4 members (excludes halogenated alkanes) is 1. The predicted octanol–water partition coefficient (Wildman–Crippen LogP) is 6.42. The van der Waals surface area contributed by atoms with Crippen molar-refractivity contribution in [2.24, 2.45) is 0 Å². The molecule has 3 aromatic rings. The van der Waals surface area contributed by atoms with E-state index in [0.717, 1.165) is 41.5 Å². The van der Waals surface area contributed by atoms with Crippen molar-refractivity contribution in [1.29, 1.82) is 0 Å². The molecule has 0 heterocycles. The van der Waals surface area contributed by atoms with Gasteiger partial charge >= 0.3 is 0 Å². The van der Waals surface area contributed by atoms with Gasteiger partial charge in [-0.15, -0.1) is 0 Å². The number of hydrogen-bond donors (Lipinski definition) is 0. The maximum absolute atomic E-state index is 14.1. The van der Waals surface area contributed by atoms with Gasteiger partial charge in [-0.2, -0.15) is 0 Å². The average molecular weight is 384 g/mol. The first kappa shape index (κ1) is 20.4. The molecule has 0 aliphatic rings. The number of hydrogen-bond acceptors (Lipinski definition) is 0. The Kier molecular flexibility index (Phi) is 6.83. The fraction of sp³-hybridized carbons (Fsp3) is 0.185. The zero-order valence-electron chi connectivity index (χ0n) is 16.7. The molecule has 3 rings (SSSR count). The number of benzene rings is 3. The lowest BCUT2D eigenvalue weighted by Crippen LogP contribution is -1.91. The Morgan fingerprint density at radius 3 is 1.93 bits per heavy atom. The first-order chi connectivity index (χ1) is 14.0. The van der Waals surface area contributed by atoms with Crippen LogP contribution in [0.4, 0.5) is 8.78 Å². The Labute approximate surface area is 171 Å². The monoisotopic (exact) mass is 384 g/mol. The molecule has 0 spiro atoms. The third-order valence-electron chi connectivity index (χ3n) is 4.55. The maximum Gasteiger partial charge on any atom is 0.139 e.